The van der Waals surface area contributed by atoms with Gasteiger partial charge in [0.25, 0.3) is 16.8 Å². The van der Waals surface area contributed by atoms with Crippen LogP contribution in [0.15, 0.2) is 29.2 Å². The van der Waals surface area contributed by atoms with Crippen molar-refractivity contribution in [1.82, 2.24) is 9.88 Å². The largest absolute Gasteiger partial charge is 0.318 e. The summed E-state index contributed by atoms with van der Waals surface area (Å²) in [6, 6.07) is 6.95. The van der Waals surface area contributed by atoms with E-state index >= 15 is 0 Å². The minimum absolute atomic E-state index is 0.0567. The lowest BCUT2D eigenvalue weighted by Gasteiger charge is -2.10. The monoisotopic (exact) mass is 357 g/mol. The number of aryl methyl sites for hydroxylation is 2. The topological polar surface area (TPSA) is 94.2 Å². The van der Waals surface area contributed by atoms with Crippen molar-refractivity contribution in [2.24, 2.45) is 0 Å². The molecular formula is C17H15N3O4S. The molecule has 25 heavy (non-hydrogen) atoms. The number of nitro groups is 1. The molecule has 1 aliphatic heterocycles. The summed E-state index contributed by atoms with van der Waals surface area (Å²) in [6.07, 6.45) is 1.66. The van der Waals surface area contributed by atoms with Crippen LogP contribution in [-0.2, 0) is 4.79 Å². The molecule has 0 atom stereocenters. The molecule has 2 aromatic rings. The SMILES string of the molecule is Cc1ccc(-n2c(C)cc(/C=C3\SC(=O)NC3=O)c2C)cc1[N+](=O)[O-]. The Balaban J connectivity index is 2.08. The van der Waals surface area contributed by atoms with Crippen LogP contribution >= 0.6 is 11.8 Å². The molecule has 0 spiro atoms. The molecule has 0 saturated carbocycles. The fourth-order valence-corrected chi connectivity index (χ4v) is 3.50. The second-order valence-electron chi connectivity index (χ2n) is 5.74. The molecule has 2 heterocycles. The highest BCUT2D eigenvalue weighted by atomic mass is 32.2. The van der Waals surface area contributed by atoms with E-state index in [9.17, 15) is 19.7 Å². The van der Waals surface area contributed by atoms with Crippen molar-refractivity contribution in [3.05, 3.63) is 61.8 Å². The number of benzene rings is 1. The van der Waals surface area contributed by atoms with E-state index in [1.807, 2.05) is 30.5 Å². The number of nitro benzene ring substituents is 1. The molecule has 1 fully saturated rings. The Hall–Kier alpha value is -2.87. The van der Waals surface area contributed by atoms with Gasteiger partial charge in [-0.25, -0.2) is 0 Å². The zero-order valence-corrected chi connectivity index (χ0v) is 14.6. The molecule has 0 bridgehead atoms. The maximum absolute atomic E-state index is 11.7. The zero-order chi connectivity index (χ0) is 18.3. The van der Waals surface area contributed by atoms with E-state index in [4.69, 9.17) is 0 Å². The highest BCUT2D eigenvalue weighted by Crippen LogP contribution is 2.30. The van der Waals surface area contributed by atoms with Crippen LogP contribution in [0.3, 0.4) is 0 Å². The lowest BCUT2D eigenvalue weighted by Crippen LogP contribution is -2.17. The van der Waals surface area contributed by atoms with Gasteiger partial charge in [0.2, 0.25) is 0 Å². The van der Waals surface area contributed by atoms with Crippen LogP contribution < -0.4 is 5.32 Å². The van der Waals surface area contributed by atoms with Crippen molar-refractivity contribution >= 4 is 34.7 Å². The fraction of sp³-hybridized carbons (Fsp3) is 0.176. The van der Waals surface area contributed by atoms with Crippen molar-refractivity contribution in [2.45, 2.75) is 20.8 Å². The summed E-state index contributed by atoms with van der Waals surface area (Å²) < 4.78 is 1.89. The van der Waals surface area contributed by atoms with E-state index in [0.717, 1.165) is 28.7 Å². The summed E-state index contributed by atoms with van der Waals surface area (Å²) in [5.41, 5.74) is 3.81. The predicted molar refractivity (Wildman–Crippen MR) is 95.7 cm³/mol. The molecule has 7 nitrogen and oxygen atoms in total. The summed E-state index contributed by atoms with van der Waals surface area (Å²) in [4.78, 5) is 34.1. The maximum atomic E-state index is 11.7. The van der Waals surface area contributed by atoms with Gasteiger partial charge in [-0.05, 0) is 56.3 Å². The molecule has 8 heteroatoms. The van der Waals surface area contributed by atoms with Crippen molar-refractivity contribution < 1.29 is 14.5 Å². The van der Waals surface area contributed by atoms with E-state index in [1.54, 1.807) is 19.1 Å². The third kappa shape index (κ3) is 3.08. The second-order valence-corrected chi connectivity index (χ2v) is 6.76. The Bertz CT molecular complexity index is 959. The molecule has 0 aliphatic carbocycles. The van der Waals surface area contributed by atoms with E-state index in [2.05, 4.69) is 5.32 Å². The average Bonchev–Trinajstić information content (AvgIpc) is 2.99. The van der Waals surface area contributed by atoms with Crippen LogP contribution in [0, 0.1) is 30.9 Å². The molecule has 3 rings (SSSR count). The van der Waals surface area contributed by atoms with Gasteiger partial charge >= 0.3 is 0 Å². The third-order valence-electron chi connectivity index (χ3n) is 4.05. The van der Waals surface area contributed by atoms with Gasteiger partial charge in [-0.2, -0.15) is 0 Å². The first kappa shape index (κ1) is 17.0. The van der Waals surface area contributed by atoms with Crippen LogP contribution in [0.2, 0.25) is 0 Å². The van der Waals surface area contributed by atoms with Crippen molar-refractivity contribution in [1.29, 1.82) is 0 Å². The molecule has 1 aliphatic rings. The molecule has 1 aromatic heterocycles. The molecule has 1 aromatic carbocycles. The van der Waals surface area contributed by atoms with Gasteiger partial charge in [0.05, 0.1) is 15.5 Å². The van der Waals surface area contributed by atoms with Gasteiger partial charge in [0, 0.05) is 23.0 Å². The molecule has 0 radical (unpaired) electrons. The molecule has 1 N–H and O–H groups in total. The number of amides is 2. The van der Waals surface area contributed by atoms with Gasteiger partial charge < -0.3 is 4.57 Å². The Morgan fingerprint density at radius 3 is 2.52 bits per heavy atom. The Morgan fingerprint density at radius 2 is 1.92 bits per heavy atom. The Morgan fingerprint density at radius 1 is 1.20 bits per heavy atom. The molecule has 128 valence electrons. The van der Waals surface area contributed by atoms with Gasteiger partial charge in [0.15, 0.2) is 0 Å². The normalized spacial score (nSPS) is 15.7. The highest BCUT2D eigenvalue weighted by Gasteiger charge is 2.25. The van der Waals surface area contributed by atoms with Crippen LogP contribution in [-0.4, -0.2) is 20.6 Å². The molecule has 0 unspecified atom stereocenters. The quantitative estimate of drug-likeness (QED) is 0.514. The Kier molecular flexibility index (Phi) is 4.22. The minimum atomic E-state index is -0.411. The lowest BCUT2D eigenvalue weighted by molar-refractivity contribution is -0.385. The standard InChI is InChI=1S/C17H15N3O4S/c1-9-4-5-13(8-14(9)20(23)24)19-10(2)6-12(11(19)3)7-15-16(21)18-17(22)25-15/h4-8H,1-3H3,(H,18,21,22)/b15-7-. The first-order chi connectivity index (χ1) is 11.8. The van der Waals surface area contributed by atoms with Crippen LogP contribution in [0.4, 0.5) is 10.5 Å². The summed E-state index contributed by atoms with van der Waals surface area (Å²) in [5, 5.41) is 13.0. The van der Waals surface area contributed by atoms with Crippen molar-refractivity contribution in [2.75, 3.05) is 0 Å². The third-order valence-corrected chi connectivity index (χ3v) is 4.86. The first-order valence-corrected chi connectivity index (χ1v) is 8.29. The fourth-order valence-electron chi connectivity index (χ4n) is 2.83. The number of aromatic nitrogens is 1. The predicted octanol–water partition coefficient (Wildman–Crippen LogP) is 3.63. The summed E-state index contributed by atoms with van der Waals surface area (Å²) in [7, 11) is 0. The number of nitrogens with one attached hydrogen (secondary N) is 1. The Labute approximate surface area is 147 Å². The number of carbonyl (C=O) groups excluding carboxylic acids is 2. The smallest absolute Gasteiger partial charge is 0.290 e. The van der Waals surface area contributed by atoms with Crippen LogP contribution in [0.1, 0.15) is 22.5 Å². The van der Waals surface area contributed by atoms with Gasteiger partial charge in [0.1, 0.15) is 0 Å². The number of hydrogen-bond donors (Lipinski definition) is 1. The number of rotatable bonds is 3. The van der Waals surface area contributed by atoms with Crippen LogP contribution in [0.5, 0.6) is 0 Å². The summed E-state index contributed by atoms with van der Waals surface area (Å²) in [5.74, 6) is -0.411. The molecule has 1 saturated heterocycles. The lowest BCUT2D eigenvalue weighted by atomic mass is 10.1. The van der Waals surface area contributed by atoms with Gasteiger partial charge in [-0.15, -0.1) is 0 Å². The molecule has 2 amide bonds. The molecular weight excluding hydrogens is 342 g/mol. The average molecular weight is 357 g/mol. The van der Waals surface area contributed by atoms with Crippen molar-refractivity contribution in [3.63, 3.8) is 0 Å². The second kappa shape index (κ2) is 6.21. The van der Waals surface area contributed by atoms with E-state index in [0.29, 0.717) is 16.2 Å². The van der Waals surface area contributed by atoms with Crippen molar-refractivity contribution in [3.8, 4) is 5.69 Å². The number of nitrogens with zero attached hydrogens (tertiary/aromatic N) is 2. The minimum Gasteiger partial charge on any atom is -0.318 e. The highest BCUT2D eigenvalue weighted by molar-refractivity contribution is 8.18. The van der Waals surface area contributed by atoms with E-state index in [-0.39, 0.29) is 10.9 Å². The number of carbonyl (C=O) groups is 2. The van der Waals surface area contributed by atoms with Crippen LogP contribution in [0.25, 0.3) is 11.8 Å². The zero-order valence-electron chi connectivity index (χ0n) is 13.8. The van der Waals surface area contributed by atoms with Gasteiger partial charge in [-0.3, -0.25) is 25.0 Å². The summed E-state index contributed by atoms with van der Waals surface area (Å²) >= 11 is 0.859. The first-order valence-electron chi connectivity index (χ1n) is 7.47. The van der Waals surface area contributed by atoms with E-state index in [1.165, 1.54) is 6.07 Å². The summed E-state index contributed by atoms with van der Waals surface area (Å²) in [6.45, 7) is 5.44. The van der Waals surface area contributed by atoms with Gasteiger partial charge in [-0.1, -0.05) is 6.07 Å². The number of thioether (sulfide) groups is 1. The number of imide groups is 1. The number of hydrogen-bond acceptors (Lipinski definition) is 5. The van der Waals surface area contributed by atoms with E-state index < -0.39 is 10.8 Å². The maximum Gasteiger partial charge on any atom is 0.290 e.